The van der Waals surface area contributed by atoms with Crippen molar-refractivity contribution in [2.45, 2.75) is 39.5 Å². The Morgan fingerprint density at radius 2 is 1.94 bits per heavy atom. The van der Waals surface area contributed by atoms with Gasteiger partial charge in [-0.1, -0.05) is 13.0 Å². The van der Waals surface area contributed by atoms with Crippen LogP contribution in [0.5, 0.6) is 0 Å². The average Bonchev–Trinajstić information content (AvgIpc) is 2.33. The lowest BCUT2D eigenvalue weighted by molar-refractivity contribution is -0.121. The van der Waals surface area contributed by atoms with Crippen LogP contribution in [-0.2, 0) is 4.79 Å². The molecule has 0 heterocycles. The smallest absolute Gasteiger partial charge is 0.227 e. The van der Waals surface area contributed by atoms with Gasteiger partial charge in [0.1, 0.15) is 0 Å². The second-order valence-electron chi connectivity index (χ2n) is 5.43. The lowest BCUT2D eigenvalue weighted by Gasteiger charge is -2.25. The fourth-order valence-corrected chi connectivity index (χ4v) is 3.07. The molecule has 0 radical (unpaired) electrons. The number of rotatable bonds is 2. The molecule has 0 saturated heterocycles. The van der Waals surface area contributed by atoms with Gasteiger partial charge in [-0.3, -0.25) is 4.79 Å². The van der Waals surface area contributed by atoms with Crippen molar-refractivity contribution in [3.63, 3.8) is 0 Å². The first-order valence-corrected chi connectivity index (χ1v) is 7.42. The minimum atomic E-state index is 0.173. The molecule has 1 N–H and O–H groups in total. The van der Waals surface area contributed by atoms with Gasteiger partial charge >= 0.3 is 0 Å². The van der Waals surface area contributed by atoms with Gasteiger partial charge in [0.15, 0.2) is 0 Å². The van der Waals surface area contributed by atoms with E-state index in [0.29, 0.717) is 0 Å². The highest BCUT2D eigenvalue weighted by atomic mass is 79.9. The molecule has 0 atom stereocenters. The zero-order chi connectivity index (χ0) is 13.1. The normalized spacial score (nSPS) is 23.7. The predicted octanol–water partition coefficient (Wildman–Crippen LogP) is 4.52. The number of carbonyl (C=O) groups is 1. The molecule has 0 unspecified atom stereocenters. The van der Waals surface area contributed by atoms with Gasteiger partial charge in [0.05, 0.1) is 5.69 Å². The van der Waals surface area contributed by atoms with Gasteiger partial charge in [0.2, 0.25) is 5.91 Å². The molecule has 1 aliphatic rings. The fraction of sp³-hybridized carbons (Fsp3) is 0.533. The van der Waals surface area contributed by atoms with Crippen molar-refractivity contribution in [3.05, 3.63) is 28.2 Å². The van der Waals surface area contributed by atoms with E-state index in [1.54, 1.807) is 0 Å². The van der Waals surface area contributed by atoms with Gasteiger partial charge in [-0.25, -0.2) is 0 Å². The minimum Gasteiger partial charge on any atom is -0.325 e. The Bertz CT molecular complexity index is 436. The molecule has 1 aromatic rings. The zero-order valence-corrected chi connectivity index (χ0v) is 12.6. The molecular formula is C15H20BrNO. The molecular weight excluding hydrogens is 290 g/mol. The van der Waals surface area contributed by atoms with E-state index in [0.717, 1.165) is 28.9 Å². The maximum atomic E-state index is 12.2. The van der Waals surface area contributed by atoms with Crippen molar-refractivity contribution in [1.29, 1.82) is 0 Å². The van der Waals surface area contributed by atoms with Gasteiger partial charge in [-0.05, 0) is 72.2 Å². The second kappa shape index (κ2) is 5.87. The third-order valence-corrected chi connectivity index (χ3v) is 4.43. The van der Waals surface area contributed by atoms with E-state index in [9.17, 15) is 4.79 Å². The molecule has 1 aromatic carbocycles. The summed E-state index contributed by atoms with van der Waals surface area (Å²) in [5, 5.41) is 3.04. The summed E-state index contributed by atoms with van der Waals surface area (Å²) >= 11 is 3.49. The van der Waals surface area contributed by atoms with Crippen LogP contribution >= 0.6 is 15.9 Å². The molecule has 1 aliphatic carbocycles. The molecule has 1 saturated carbocycles. The highest BCUT2D eigenvalue weighted by Gasteiger charge is 2.24. The van der Waals surface area contributed by atoms with E-state index in [4.69, 9.17) is 0 Å². The third kappa shape index (κ3) is 3.35. The highest BCUT2D eigenvalue weighted by molar-refractivity contribution is 9.10. The summed E-state index contributed by atoms with van der Waals surface area (Å²) in [6, 6.07) is 6.00. The minimum absolute atomic E-state index is 0.173. The summed E-state index contributed by atoms with van der Waals surface area (Å²) in [6.45, 7) is 4.31. The van der Waals surface area contributed by atoms with Crippen LogP contribution in [-0.4, -0.2) is 5.91 Å². The average molecular weight is 310 g/mol. The van der Waals surface area contributed by atoms with Crippen molar-refractivity contribution in [3.8, 4) is 0 Å². The van der Waals surface area contributed by atoms with Crippen molar-refractivity contribution in [1.82, 2.24) is 0 Å². The van der Waals surface area contributed by atoms with Gasteiger partial charge in [0, 0.05) is 10.4 Å². The first kappa shape index (κ1) is 13.6. The van der Waals surface area contributed by atoms with Crippen LogP contribution in [0.1, 0.15) is 38.2 Å². The standard InChI is InChI=1S/C15H20BrNO/c1-10-3-6-12(7-4-10)15(18)17-14-8-5-11(2)9-13(14)16/h5,8-10,12H,3-4,6-7H2,1-2H3,(H,17,18). The number of carbonyl (C=O) groups excluding carboxylic acids is 1. The second-order valence-corrected chi connectivity index (χ2v) is 6.28. The van der Waals surface area contributed by atoms with Crippen LogP contribution in [0.4, 0.5) is 5.69 Å². The summed E-state index contributed by atoms with van der Waals surface area (Å²) < 4.78 is 0.958. The van der Waals surface area contributed by atoms with Crippen LogP contribution in [0, 0.1) is 18.8 Å². The molecule has 18 heavy (non-hydrogen) atoms. The molecule has 0 aromatic heterocycles. The molecule has 0 bridgehead atoms. The van der Waals surface area contributed by atoms with Gasteiger partial charge in [0.25, 0.3) is 0 Å². The van der Waals surface area contributed by atoms with E-state index in [1.165, 1.54) is 18.4 Å². The maximum absolute atomic E-state index is 12.2. The summed E-state index contributed by atoms with van der Waals surface area (Å²) in [4.78, 5) is 12.2. The van der Waals surface area contributed by atoms with Crippen molar-refractivity contribution < 1.29 is 4.79 Å². The van der Waals surface area contributed by atoms with E-state index < -0.39 is 0 Å². The van der Waals surface area contributed by atoms with Crippen LogP contribution in [0.2, 0.25) is 0 Å². The SMILES string of the molecule is Cc1ccc(NC(=O)C2CCC(C)CC2)c(Br)c1. The lowest BCUT2D eigenvalue weighted by Crippen LogP contribution is -2.26. The predicted molar refractivity (Wildman–Crippen MR) is 78.6 cm³/mol. The molecule has 98 valence electrons. The zero-order valence-electron chi connectivity index (χ0n) is 11.0. The molecule has 0 aliphatic heterocycles. The molecule has 0 spiro atoms. The number of hydrogen-bond donors (Lipinski definition) is 1. The summed E-state index contributed by atoms with van der Waals surface area (Å²) in [5.74, 6) is 1.14. The first-order chi connectivity index (χ1) is 8.56. The Kier molecular flexibility index (Phi) is 4.44. The molecule has 2 nitrogen and oxygen atoms in total. The van der Waals surface area contributed by atoms with Crippen molar-refractivity contribution in [2.24, 2.45) is 11.8 Å². The Morgan fingerprint density at radius 3 is 2.56 bits per heavy atom. The van der Waals surface area contributed by atoms with E-state index in [-0.39, 0.29) is 11.8 Å². The van der Waals surface area contributed by atoms with Crippen LogP contribution in [0.25, 0.3) is 0 Å². The number of amides is 1. The number of aryl methyl sites for hydroxylation is 1. The summed E-state index contributed by atoms with van der Waals surface area (Å²) in [7, 11) is 0. The monoisotopic (exact) mass is 309 g/mol. The van der Waals surface area contributed by atoms with E-state index >= 15 is 0 Å². The van der Waals surface area contributed by atoms with Crippen LogP contribution in [0.3, 0.4) is 0 Å². The highest BCUT2D eigenvalue weighted by Crippen LogP contribution is 2.30. The fourth-order valence-electron chi connectivity index (χ4n) is 2.48. The van der Waals surface area contributed by atoms with E-state index in [2.05, 4.69) is 28.2 Å². The number of nitrogens with one attached hydrogen (secondary N) is 1. The van der Waals surface area contributed by atoms with Crippen LogP contribution < -0.4 is 5.32 Å². The molecule has 1 amide bonds. The number of hydrogen-bond acceptors (Lipinski definition) is 1. The topological polar surface area (TPSA) is 29.1 Å². The van der Waals surface area contributed by atoms with Crippen molar-refractivity contribution in [2.75, 3.05) is 5.32 Å². The Labute approximate surface area is 117 Å². The third-order valence-electron chi connectivity index (χ3n) is 3.77. The Morgan fingerprint density at radius 1 is 1.28 bits per heavy atom. The number of anilines is 1. The van der Waals surface area contributed by atoms with Gasteiger partial charge in [-0.2, -0.15) is 0 Å². The van der Waals surface area contributed by atoms with Crippen molar-refractivity contribution >= 4 is 27.5 Å². The Balaban J connectivity index is 1.98. The van der Waals surface area contributed by atoms with E-state index in [1.807, 2.05) is 25.1 Å². The summed E-state index contributed by atoms with van der Waals surface area (Å²) in [6.07, 6.45) is 4.40. The lowest BCUT2D eigenvalue weighted by atomic mass is 9.82. The first-order valence-electron chi connectivity index (χ1n) is 6.63. The largest absolute Gasteiger partial charge is 0.325 e. The summed E-state index contributed by atoms with van der Waals surface area (Å²) in [5.41, 5.74) is 2.07. The molecule has 1 fully saturated rings. The Hall–Kier alpha value is -0.830. The van der Waals surface area contributed by atoms with Crippen LogP contribution in [0.15, 0.2) is 22.7 Å². The quantitative estimate of drug-likeness (QED) is 0.855. The molecule has 2 rings (SSSR count). The number of benzene rings is 1. The van der Waals surface area contributed by atoms with Gasteiger partial charge in [-0.15, -0.1) is 0 Å². The molecule has 3 heteroatoms. The maximum Gasteiger partial charge on any atom is 0.227 e. The van der Waals surface area contributed by atoms with Gasteiger partial charge < -0.3 is 5.32 Å². The number of halogens is 1.